The molecule has 0 spiro atoms. The van der Waals surface area contributed by atoms with Crippen molar-refractivity contribution in [2.45, 2.75) is 25.3 Å². The second kappa shape index (κ2) is 7.09. The Labute approximate surface area is 138 Å². The van der Waals surface area contributed by atoms with Gasteiger partial charge in [0.05, 0.1) is 13.2 Å². The number of carbonyl (C=O) groups is 1. The second-order valence-electron chi connectivity index (χ2n) is 5.87. The van der Waals surface area contributed by atoms with E-state index in [9.17, 15) is 13.6 Å². The SMILES string of the molecule is O=C(c1c(F)cccc1F)N1CCC(c2ccnn2CCO)CC1. The molecule has 24 heavy (non-hydrogen) atoms. The van der Waals surface area contributed by atoms with Gasteiger partial charge in [-0.05, 0) is 31.0 Å². The van der Waals surface area contributed by atoms with Gasteiger partial charge >= 0.3 is 0 Å². The summed E-state index contributed by atoms with van der Waals surface area (Å²) in [6.07, 6.45) is 3.08. The Balaban J connectivity index is 1.69. The van der Waals surface area contributed by atoms with Gasteiger partial charge in [-0.3, -0.25) is 9.48 Å². The summed E-state index contributed by atoms with van der Waals surface area (Å²) in [5.74, 6) is -2.05. The molecule has 1 saturated heterocycles. The van der Waals surface area contributed by atoms with Crippen LogP contribution >= 0.6 is 0 Å². The van der Waals surface area contributed by atoms with Gasteiger partial charge in [0, 0.05) is 30.9 Å². The zero-order chi connectivity index (χ0) is 17.1. The topological polar surface area (TPSA) is 58.4 Å². The van der Waals surface area contributed by atoms with E-state index in [0.29, 0.717) is 32.5 Å². The molecule has 0 aliphatic carbocycles. The summed E-state index contributed by atoms with van der Waals surface area (Å²) in [5.41, 5.74) is 0.537. The van der Waals surface area contributed by atoms with Crippen molar-refractivity contribution in [3.05, 3.63) is 53.4 Å². The maximum atomic E-state index is 13.8. The van der Waals surface area contributed by atoms with Crippen molar-refractivity contribution in [3.8, 4) is 0 Å². The molecule has 0 unspecified atom stereocenters. The molecule has 1 aliphatic rings. The van der Waals surface area contributed by atoms with E-state index in [0.717, 1.165) is 17.8 Å². The fraction of sp³-hybridized carbons (Fsp3) is 0.412. The molecule has 1 fully saturated rings. The van der Waals surface area contributed by atoms with Crippen molar-refractivity contribution in [3.63, 3.8) is 0 Å². The van der Waals surface area contributed by atoms with E-state index in [1.165, 1.54) is 11.0 Å². The third-order valence-electron chi connectivity index (χ3n) is 4.44. The van der Waals surface area contributed by atoms with E-state index in [4.69, 9.17) is 5.11 Å². The number of aliphatic hydroxyl groups excluding tert-OH is 1. The highest BCUT2D eigenvalue weighted by Gasteiger charge is 2.29. The minimum absolute atomic E-state index is 0.0125. The van der Waals surface area contributed by atoms with Crippen LogP contribution in [0.4, 0.5) is 8.78 Å². The lowest BCUT2D eigenvalue weighted by atomic mass is 9.93. The van der Waals surface area contributed by atoms with Crippen LogP contribution < -0.4 is 0 Å². The van der Waals surface area contributed by atoms with Crippen LogP contribution in [0.5, 0.6) is 0 Å². The Morgan fingerprint density at radius 1 is 1.21 bits per heavy atom. The number of likely N-dealkylation sites (tertiary alicyclic amines) is 1. The number of carbonyl (C=O) groups excluding carboxylic acids is 1. The summed E-state index contributed by atoms with van der Waals surface area (Å²) in [5, 5.41) is 13.3. The largest absolute Gasteiger partial charge is 0.394 e. The molecule has 3 rings (SSSR count). The number of amides is 1. The quantitative estimate of drug-likeness (QED) is 0.932. The fourth-order valence-corrected chi connectivity index (χ4v) is 3.21. The standard InChI is InChI=1S/C17H19F2N3O2/c18-13-2-1-3-14(19)16(13)17(24)21-8-5-12(6-9-21)15-4-7-20-22(15)10-11-23/h1-4,7,12,23H,5-6,8-11H2. The average molecular weight is 335 g/mol. The van der Waals surface area contributed by atoms with E-state index in [2.05, 4.69) is 5.10 Å². The molecule has 2 heterocycles. The Morgan fingerprint density at radius 3 is 2.50 bits per heavy atom. The molecule has 1 aliphatic heterocycles. The van der Waals surface area contributed by atoms with Crippen LogP contribution in [-0.2, 0) is 6.54 Å². The lowest BCUT2D eigenvalue weighted by Gasteiger charge is -2.32. The number of piperidine rings is 1. The summed E-state index contributed by atoms with van der Waals surface area (Å²) in [6, 6.07) is 5.34. The predicted molar refractivity (Wildman–Crippen MR) is 83.5 cm³/mol. The monoisotopic (exact) mass is 335 g/mol. The van der Waals surface area contributed by atoms with E-state index in [-0.39, 0.29) is 12.5 Å². The number of halogens is 2. The second-order valence-corrected chi connectivity index (χ2v) is 5.87. The molecule has 5 nitrogen and oxygen atoms in total. The van der Waals surface area contributed by atoms with Crippen LogP contribution in [0.25, 0.3) is 0 Å². The molecule has 0 atom stereocenters. The number of benzene rings is 1. The molecule has 0 bridgehead atoms. The van der Waals surface area contributed by atoms with Gasteiger partial charge in [0.15, 0.2) is 0 Å². The van der Waals surface area contributed by atoms with Gasteiger partial charge in [-0.2, -0.15) is 5.10 Å². The van der Waals surface area contributed by atoms with Gasteiger partial charge in [0.1, 0.15) is 17.2 Å². The highest BCUT2D eigenvalue weighted by atomic mass is 19.1. The Bertz CT molecular complexity index is 704. The molecule has 1 aromatic heterocycles. The zero-order valence-electron chi connectivity index (χ0n) is 13.2. The summed E-state index contributed by atoms with van der Waals surface area (Å²) in [6.45, 7) is 1.31. The highest BCUT2D eigenvalue weighted by Crippen LogP contribution is 2.29. The van der Waals surface area contributed by atoms with Gasteiger partial charge in [0.25, 0.3) is 5.91 Å². The van der Waals surface area contributed by atoms with Crippen molar-refractivity contribution in [1.29, 1.82) is 0 Å². The lowest BCUT2D eigenvalue weighted by Crippen LogP contribution is -2.39. The van der Waals surface area contributed by atoms with E-state index < -0.39 is 23.1 Å². The van der Waals surface area contributed by atoms with Crippen molar-refractivity contribution >= 4 is 5.91 Å². The normalized spacial score (nSPS) is 15.7. The number of hydrogen-bond acceptors (Lipinski definition) is 3. The van der Waals surface area contributed by atoms with Crippen LogP contribution in [0.15, 0.2) is 30.5 Å². The van der Waals surface area contributed by atoms with Crippen molar-refractivity contribution < 1.29 is 18.7 Å². The summed E-state index contributed by atoms with van der Waals surface area (Å²) in [7, 11) is 0. The third-order valence-corrected chi connectivity index (χ3v) is 4.44. The third kappa shape index (κ3) is 3.17. The van der Waals surface area contributed by atoms with Crippen molar-refractivity contribution in [1.82, 2.24) is 14.7 Å². The molecule has 1 N–H and O–H groups in total. The zero-order valence-corrected chi connectivity index (χ0v) is 13.2. The number of hydrogen-bond donors (Lipinski definition) is 1. The maximum absolute atomic E-state index is 13.8. The van der Waals surface area contributed by atoms with Crippen LogP contribution in [-0.4, -0.2) is 45.4 Å². The first-order chi connectivity index (χ1) is 11.6. The van der Waals surface area contributed by atoms with Gasteiger partial charge in [0.2, 0.25) is 0 Å². The molecule has 0 radical (unpaired) electrons. The molecule has 1 amide bonds. The number of rotatable bonds is 4. The van der Waals surface area contributed by atoms with E-state index >= 15 is 0 Å². The number of nitrogens with zero attached hydrogens (tertiary/aromatic N) is 3. The lowest BCUT2D eigenvalue weighted by molar-refractivity contribution is 0.0701. The van der Waals surface area contributed by atoms with Gasteiger partial charge in [-0.15, -0.1) is 0 Å². The van der Waals surface area contributed by atoms with E-state index in [1.807, 2.05) is 6.07 Å². The summed E-state index contributed by atoms with van der Waals surface area (Å²) < 4.78 is 29.3. The first kappa shape index (κ1) is 16.6. The highest BCUT2D eigenvalue weighted by molar-refractivity contribution is 5.94. The molecular formula is C17H19F2N3O2. The van der Waals surface area contributed by atoms with Crippen molar-refractivity contribution in [2.75, 3.05) is 19.7 Å². The Morgan fingerprint density at radius 2 is 1.88 bits per heavy atom. The smallest absolute Gasteiger partial charge is 0.259 e. The molecule has 1 aromatic carbocycles. The molecule has 7 heteroatoms. The fourth-order valence-electron chi connectivity index (χ4n) is 3.21. The van der Waals surface area contributed by atoms with Gasteiger partial charge < -0.3 is 10.0 Å². The maximum Gasteiger partial charge on any atom is 0.259 e. The van der Waals surface area contributed by atoms with E-state index in [1.54, 1.807) is 10.9 Å². The van der Waals surface area contributed by atoms with Crippen LogP contribution in [0, 0.1) is 11.6 Å². The molecular weight excluding hydrogens is 316 g/mol. The molecule has 128 valence electrons. The summed E-state index contributed by atoms with van der Waals surface area (Å²) in [4.78, 5) is 13.9. The van der Waals surface area contributed by atoms with Crippen molar-refractivity contribution in [2.24, 2.45) is 0 Å². The van der Waals surface area contributed by atoms with Gasteiger partial charge in [-0.1, -0.05) is 6.07 Å². The van der Waals surface area contributed by atoms with Crippen LogP contribution in [0.2, 0.25) is 0 Å². The first-order valence-corrected chi connectivity index (χ1v) is 7.97. The number of aliphatic hydroxyl groups is 1. The molecule has 2 aromatic rings. The minimum atomic E-state index is -0.830. The minimum Gasteiger partial charge on any atom is -0.394 e. The summed E-state index contributed by atoms with van der Waals surface area (Å²) >= 11 is 0. The van der Waals surface area contributed by atoms with Crippen LogP contribution in [0.1, 0.15) is 34.8 Å². The first-order valence-electron chi connectivity index (χ1n) is 7.97. The molecule has 0 saturated carbocycles. The predicted octanol–water partition coefficient (Wildman–Crippen LogP) is 2.17. The Hall–Kier alpha value is -2.28. The van der Waals surface area contributed by atoms with Crippen LogP contribution in [0.3, 0.4) is 0 Å². The van der Waals surface area contributed by atoms with Gasteiger partial charge in [-0.25, -0.2) is 8.78 Å². The average Bonchev–Trinajstić information content (AvgIpc) is 3.03. The Kier molecular flexibility index (Phi) is 4.89. The number of aromatic nitrogens is 2.